The number of nitrogens with zero attached hydrogens (tertiary/aromatic N) is 3. The fourth-order valence-electron chi connectivity index (χ4n) is 4.70. The number of nitrogens with one attached hydrogen (secondary N) is 1. The highest BCUT2D eigenvalue weighted by atomic mass is 16.5. The minimum Gasteiger partial charge on any atom is -0.493 e. The van der Waals surface area contributed by atoms with Gasteiger partial charge in [0, 0.05) is 37.6 Å². The van der Waals surface area contributed by atoms with Gasteiger partial charge < -0.3 is 19.9 Å². The molecule has 2 heterocycles. The van der Waals surface area contributed by atoms with Crippen LogP contribution in [-0.2, 0) is 0 Å². The van der Waals surface area contributed by atoms with Crippen molar-refractivity contribution in [1.82, 2.24) is 9.88 Å². The lowest BCUT2D eigenvalue weighted by atomic mass is 9.84. The summed E-state index contributed by atoms with van der Waals surface area (Å²) < 4.78 is 5.44. The molecule has 1 aliphatic carbocycles. The highest BCUT2D eigenvalue weighted by Gasteiger charge is 2.29. The van der Waals surface area contributed by atoms with Crippen LogP contribution in [0.1, 0.15) is 50.5 Å². The van der Waals surface area contributed by atoms with Crippen LogP contribution < -0.4 is 15.0 Å². The van der Waals surface area contributed by atoms with Gasteiger partial charge in [-0.25, -0.2) is 9.78 Å². The third kappa shape index (κ3) is 4.53. The van der Waals surface area contributed by atoms with Crippen LogP contribution >= 0.6 is 0 Å². The molecular formula is C24H32N4O2. The number of urea groups is 1. The molecule has 1 N–H and O–H groups in total. The van der Waals surface area contributed by atoms with E-state index in [1.54, 1.807) is 13.3 Å². The quantitative estimate of drug-likeness (QED) is 0.783. The molecule has 2 fully saturated rings. The summed E-state index contributed by atoms with van der Waals surface area (Å²) in [4.78, 5) is 21.5. The predicted molar refractivity (Wildman–Crippen MR) is 120 cm³/mol. The number of piperazine rings is 1. The van der Waals surface area contributed by atoms with E-state index in [1.165, 1.54) is 37.7 Å². The number of benzene rings is 1. The molecule has 30 heavy (non-hydrogen) atoms. The number of rotatable bonds is 4. The first-order valence-corrected chi connectivity index (χ1v) is 11.1. The summed E-state index contributed by atoms with van der Waals surface area (Å²) in [5.41, 5.74) is 2.26. The summed E-state index contributed by atoms with van der Waals surface area (Å²) in [7, 11) is 1.66. The van der Waals surface area contributed by atoms with Crippen LogP contribution in [0.5, 0.6) is 5.75 Å². The summed E-state index contributed by atoms with van der Waals surface area (Å²) in [5, 5.41) is 3.08. The van der Waals surface area contributed by atoms with Gasteiger partial charge in [0.25, 0.3) is 0 Å². The van der Waals surface area contributed by atoms with E-state index >= 15 is 0 Å². The van der Waals surface area contributed by atoms with Crippen LogP contribution in [0.15, 0.2) is 42.6 Å². The van der Waals surface area contributed by atoms with Crippen LogP contribution in [-0.4, -0.2) is 48.7 Å². The highest BCUT2D eigenvalue weighted by Crippen LogP contribution is 2.33. The Kier molecular flexibility index (Phi) is 6.41. The van der Waals surface area contributed by atoms with E-state index in [0.29, 0.717) is 12.5 Å². The second-order valence-corrected chi connectivity index (χ2v) is 8.40. The van der Waals surface area contributed by atoms with Gasteiger partial charge in [0.15, 0.2) is 11.6 Å². The zero-order valence-corrected chi connectivity index (χ0v) is 18.0. The van der Waals surface area contributed by atoms with Crippen molar-refractivity contribution >= 4 is 17.5 Å². The van der Waals surface area contributed by atoms with Gasteiger partial charge in [-0.3, -0.25) is 0 Å². The van der Waals surface area contributed by atoms with Crippen LogP contribution in [0.2, 0.25) is 0 Å². The molecule has 4 rings (SSSR count). The molecule has 0 spiro atoms. The Morgan fingerprint density at radius 3 is 2.57 bits per heavy atom. The third-order valence-electron chi connectivity index (χ3n) is 6.40. The molecule has 1 saturated heterocycles. The SMILES string of the molecule is COc1cccnc1N1CCN(C(=O)Nc2ccc(C3CCCCC3)cc2)C(C)C1. The minimum absolute atomic E-state index is 0.0412. The summed E-state index contributed by atoms with van der Waals surface area (Å²) in [5.74, 6) is 2.28. The van der Waals surface area contributed by atoms with Crippen LogP contribution in [0.25, 0.3) is 0 Å². The van der Waals surface area contributed by atoms with E-state index in [-0.39, 0.29) is 12.1 Å². The first kappa shape index (κ1) is 20.5. The zero-order valence-electron chi connectivity index (χ0n) is 18.0. The van der Waals surface area contributed by atoms with E-state index < -0.39 is 0 Å². The van der Waals surface area contributed by atoms with Gasteiger partial charge in [-0.2, -0.15) is 0 Å². The molecule has 1 saturated carbocycles. The molecule has 1 atom stereocenters. The van der Waals surface area contributed by atoms with E-state index in [0.717, 1.165) is 30.3 Å². The second kappa shape index (κ2) is 9.37. The number of carbonyl (C=O) groups is 1. The Labute approximate surface area is 179 Å². The van der Waals surface area contributed by atoms with Gasteiger partial charge in [-0.15, -0.1) is 0 Å². The monoisotopic (exact) mass is 408 g/mol. The van der Waals surface area contributed by atoms with Crippen LogP contribution in [0, 0.1) is 0 Å². The lowest BCUT2D eigenvalue weighted by molar-refractivity contribution is 0.184. The third-order valence-corrected chi connectivity index (χ3v) is 6.40. The summed E-state index contributed by atoms with van der Waals surface area (Å²) >= 11 is 0. The largest absolute Gasteiger partial charge is 0.493 e. The molecule has 1 aromatic heterocycles. The second-order valence-electron chi connectivity index (χ2n) is 8.40. The van der Waals surface area contributed by atoms with Gasteiger partial charge >= 0.3 is 6.03 Å². The standard InChI is InChI=1S/C24H32N4O2/c1-18-17-27(23-22(30-2)9-6-14-25-23)15-16-28(18)24(29)26-21-12-10-20(11-13-21)19-7-4-3-5-8-19/h6,9-14,18-19H,3-5,7-8,15-17H2,1-2H3,(H,26,29). The molecule has 0 bridgehead atoms. The highest BCUT2D eigenvalue weighted by molar-refractivity contribution is 5.89. The number of ether oxygens (including phenoxy) is 1. The number of hydrogen-bond acceptors (Lipinski definition) is 4. The van der Waals surface area contributed by atoms with Crippen LogP contribution in [0.4, 0.5) is 16.3 Å². The predicted octanol–water partition coefficient (Wildman–Crippen LogP) is 4.88. The van der Waals surface area contributed by atoms with Crippen molar-refractivity contribution in [1.29, 1.82) is 0 Å². The molecule has 0 radical (unpaired) electrons. The number of aromatic nitrogens is 1. The van der Waals surface area contributed by atoms with Gasteiger partial charge in [0.2, 0.25) is 0 Å². The van der Waals surface area contributed by atoms with Crippen molar-refractivity contribution in [2.45, 2.75) is 51.0 Å². The fourth-order valence-corrected chi connectivity index (χ4v) is 4.70. The summed E-state index contributed by atoms with van der Waals surface area (Å²) in [6.45, 7) is 4.17. The summed E-state index contributed by atoms with van der Waals surface area (Å²) in [6, 6.07) is 12.3. The van der Waals surface area contributed by atoms with Gasteiger partial charge in [0.05, 0.1) is 7.11 Å². The van der Waals surface area contributed by atoms with Crippen molar-refractivity contribution < 1.29 is 9.53 Å². The topological polar surface area (TPSA) is 57.7 Å². The minimum atomic E-state index is -0.0412. The van der Waals surface area contributed by atoms with Crippen molar-refractivity contribution in [3.63, 3.8) is 0 Å². The molecule has 160 valence electrons. The Bertz CT molecular complexity index is 849. The molecule has 1 aromatic carbocycles. The molecule has 2 amide bonds. The first-order valence-electron chi connectivity index (χ1n) is 11.1. The lowest BCUT2D eigenvalue weighted by Crippen LogP contribution is -2.55. The molecular weight excluding hydrogens is 376 g/mol. The van der Waals surface area contributed by atoms with Gasteiger partial charge in [-0.1, -0.05) is 31.4 Å². The van der Waals surface area contributed by atoms with Crippen molar-refractivity contribution in [2.75, 3.05) is 37.0 Å². The smallest absolute Gasteiger partial charge is 0.322 e. The zero-order chi connectivity index (χ0) is 20.9. The van der Waals surface area contributed by atoms with E-state index in [2.05, 4.69) is 34.3 Å². The normalized spacial score (nSPS) is 20.1. The number of pyridine rings is 1. The van der Waals surface area contributed by atoms with Crippen molar-refractivity contribution in [3.05, 3.63) is 48.2 Å². The van der Waals surface area contributed by atoms with Crippen molar-refractivity contribution in [2.24, 2.45) is 0 Å². The molecule has 2 aliphatic rings. The summed E-state index contributed by atoms with van der Waals surface area (Å²) in [6.07, 6.45) is 8.37. The number of hydrogen-bond donors (Lipinski definition) is 1. The van der Waals surface area contributed by atoms with Gasteiger partial charge in [0.1, 0.15) is 0 Å². The molecule has 1 unspecified atom stereocenters. The number of anilines is 2. The van der Waals surface area contributed by atoms with E-state index in [9.17, 15) is 4.79 Å². The van der Waals surface area contributed by atoms with Crippen LogP contribution in [0.3, 0.4) is 0 Å². The van der Waals surface area contributed by atoms with Crippen molar-refractivity contribution in [3.8, 4) is 5.75 Å². The maximum Gasteiger partial charge on any atom is 0.322 e. The fraction of sp³-hybridized carbons (Fsp3) is 0.500. The molecule has 6 nitrogen and oxygen atoms in total. The Hall–Kier alpha value is -2.76. The Morgan fingerprint density at radius 1 is 1.10 bits per heavy atom. The average Bonchev–Trinajstić information content (AvgIpc) is 2.80. The first-order chi connectivity index (χ1) is 14.7. The lowest BCUT2D eigenvalue weighted by Gasteiger charge is -2.40. The van der Waals surface area contributed by atoms with Gasteiger partial charge in [-0.05, 0) is 55.5 Å². The Morgan fingerprint density at radius 2 is 1.87 bits per heavy atom. The maximum atomic E-state index is 12.9. The molecule has 6 heteroatoms. The number of carbonyl (C=O) groups excluding carboxylic acids is 1. The Balaban J connectivity index is 1.35. The average molecular weight is 409 g/mol. The number of methoxy groups -OCH3 is 1. The number of amides is 2. The maximum absolute atomic E-state index is 12.9. The molecule has 1 aliphatic heterocycles. The van der Waals surface area contributed by atoms with E-state index in [1.807, 2.05) is 29.2 Å². The van der Waals surface area contributed by atoms with E-state index in [4.69, 9.17) is 4.74 Å². The molecule has 2 aromatic rings.